The fourth-order valence-corrected chi connectivity index (χ4v) is 2.65. The first-order valence-corrected chi connectivity index (χ1v) is 6.18. The van der Waals surface area contributed by atoms with Crippen LogP contribution in [0.5, 0.6) is 0 Å². The molecule has 0 saturated heterocycles. The third-order valence-electron chi connectivity index (χ3n) is 3.56. The summed E-state index contributed by atoms with van der Waals surface area (Å²) in [5, 5.41) is 17.1. The average molecular weight is 241 g/mol. The molecular formula is C15H17N2O+. The maximum Gasteiger partial charge on any atom is 0.233 e. The van der Waals surface area contributed by atoms with Crippen molar-refractivity contribution in [1.82, 2.24) is 0 Å². The van der Waals surface area contributed by atoms with E-state index in [-0.39, 0.29) is 12.3 Å². The Morgan fingerprint density at radius 1 is 1.33 bits per heavy atom. The van der Waals surface area contributed by atoms with Crippen LogP contribution in [0.15, 0.2) is 30.3 Å². The molecule has 0 aromatic heterocycles. The molecule has 3 N–H and O–H groups in total. The molecule has 1 aliphatic rings. The van der Waals surface area contributed by atoms with Crippen LogP contribution in [0.25, 0.3) is 17.4 Å². The van der Waals surface area contributed by atoms with Crippen LogP contribution in [0.3, 0.4) is 0 Å². The monoisotopic (exact) mass is 241 g/mol. The number of hydrogen-bond donors (Lipinski definition) is 3. The van der Waals surface area contributed by atoms with Gasteiger partial charge in [-0.2, -0.15) is 0 Å². The lowest BCUT2D eigenvalue weighted by molar-refractivity contribution is -0.580. The minimum Gasteiger partial charge on any atom is -0.396 e. The van der Waals surface area contributed by atoms with Gasteiger partial charge in [0, 0.05) is 13.0 Å². The third-order valence-corrected chi connectivity index (χ3v) is 3.56. The normalized spacial score (nSPS) is 21.4. The SMILES string of the molecule is C=c1ccc2c3c(cccc13)NC(C)(CCO)[NH+]=2. The minimum absolute atomic E-state index is 0.148. The van der Waals surface area contributed by atoms with Gasteiger partial charge in [-0.3, -0.25) is 0 Å². The van der Waals surface area contributed by atoms with Gasteiger partial charge in [0.15, 0.2) is 0 Å². The lowest BCUT2D eigenvalue weighted by Crippen LogP contribution is -2.93. The molecule has 1 atom stereocenters. The highest BCUT2D eigenvalue weighted by molar-refractivity contribution is 5.94. The predicted molar refractivity (Wildman–Crippen MR) is 72.5 cm³/mol. The van der Waals surface area contributed by atoms with Gasteiger partial charge in [0.1, 0.15) is 0 Å². The van der Waals surface area contributed by atoms with E-state index < -0.39 is 0 Å². The van der Waals surface area contributed by atoms with Gasteiger partial charge in [-0.05, 0) is 22.7 Å². The molecule has 3 nitrogen and oxygen atoms in total. The number of benzene rings is 2. The zero-order valence-corrected chi connectivity index (χ0v) is 10.5. The Morgan fingerprint density at radius 3 is 2.94 bits per heavy atom. The third kappa shape index (κ3) is 1.59. The number of aliphatic hydroxyl groups excluding tert-OH is 1. The number of rotatable bonds is 2. The van der Waals surface area contributed by atoms with Crippen molar-refractivity contribution in [2.24, 2.45) is 0 Å². The Morgan fingerprint density at radius 2 is 2.17 bits per heavy atom. The van der Waals surface area contributed by atoms with Gasteiger partial charge in [0.05, 0.1) is 24.1 Å². The van der Waals surface area contributed by atoms with Crippen molar-refractivity contribution in [2.45, 2.75) is 19.0 Å². The molecule has 3 rings (SSSR count). The molecule has 1 heterocycles. The molecule has 2 aromatic rings. The summed E-state index contributed by atoms with van der Waals surface area (Å²) in [6.07, 6.45) is 0.648. The van der Waals surface area contributed by atoms with E-state index in [9.17, 15) is 5.11 Å². The van der Waals surface area contributed by atoms with Gasteiger partial charge in [0.25, 0.3) is 0 Å². The van der Waals surface area contributed by atoms with E-state index in [1.54, 1.807) is 0 Å². The average Bonchev–Trinajstić information content (AvgIpc) is 2.33. The van der Waals surface area contributed by atoms with Crippen LogP contribution in [0.1, 0.15) is 13.3 Å². The van der Waals surface area contributed by atoms with E-state index in [0.717, 1.165) is 21.6 Å². The Kier molecular flexibility index (Phi) is 2.38. The minimum atomic E-state index is -0.307. The van der Waals surface area contributed by atoms with Crippen LogP contribution in [-0.2, 0) is 0 Å². The molecule has 0 fully saturated rings. The van der Waals surface area contributed by atoms with Crippen LogP contribution >= 0.6 is 0 Å². The zero-order chi connectivity index (χ0) is 12.8. The van der Waals surface area contributed by atoms with Crippen LogP contribution in [0.4, 0.5) is 5.69 Å². The fourth-order valence-electron chi connectivity index (χ4n) is 2.65. The van der Waals surface area contributed by atoms with Crippen LogP contribution in [0, 0.1) is 0 Å². The van der Waals surface area contributed by atoms with Crippen molar-refractivity contribution in [2.75, 3.05) is 11.9 Å². The van der Waals surface area contributed by atoms with Crippen molar-refractivity contribution in [3.05, 3.63) is 40.9 Å². The van der Waals surface area contributed by atoms with E-state index in [4.69, 9.17) is 0 Å². The number of anilines is 1. The lowest BCUT2D eigenvalue weighted by atomic mass is 10.0. The molecule has 18 heavy (non-hydrogen) atoms. The molecule has 0 aliphatic carbocycles. The first-order valence-electron chi connectivity index (χ1n) is 6.18. The Bertz CT molecular complexity index is 723. The highest BCUT2D eigenvalue weighted by atomic mass is 16.3. The Hall–Kier alpha value is -1.87. The molecule has 0 saturated carbocycles. The molecule has 92 valence electrons. The topological polar surface area (TPSA) is 46.2 Å². The molecule has 1 unspecified atom stereocenters. The van der Waals surface area contributed by atoms with Crippen molar-refractivity contribution in [1.29, 1.82) is 0 Å². The molecule has 0 bridgehead atoms. The first-order chi connectivity index (χ1) is 8.63. The standard InChI is InChI=1S/C15H16N2O/c1-10-6-7-13-14-11(10)4-3-5-12(14)16-15(2,17-13)8-9-18/h3-7,16,18H,1,8-9H2,2H3/p+1. The summed E-state index contributed by atoms with van der Waals surface area (Å²) in [4.78, 5) is 3.47. The van der Waals surface area contributed by atoms with E-state index in [1.165, 1.54) is 5.39 Å². The maximum absolute atomic E-state index is 9.18. The quantitative estimate of drug-likeness (QED) is 0.662. The van der Waals surface area contributed by atoms with Gasteiger partial charge < -0.3 is 10.4 Å². The van der Waals surface area contributed by atoms with Crippen molar-refractivity contribution < 1.29 is 10.1 Å². The van der Waals surface area contributed by atoms with E-state index in [2.05, 4.69) is 42.0 Å². The van der Waals surface area contributed by atoms with Crippen molar-refractivity contribution >= 4 is 23.0 Å². The lowest BCUT2D eigenvalue weighted by Gasteiger charge is -2.25. The molecular weight excluding hydrogens is 224 g/mol. The smallest absolute Gasteiger partial charge is 0.233 e. The van der Waals surface area contributed by atoms with E-state index in [0.29, 0.717) is 6.42 Å². The second-order valence-corrected chi connectivity index (χ2v) is 5.06. The number of hydrogen-bond acceptors (Lipinski definition) is 2. The zero-order valence-electron chi connectivity index (χ0n) is 10.5. The van der Waals surface area contributed by atoms with Crippen molar-refractivity contribution in [3.63, 3.8) is 0 Å². The van der Waals surface area contributed by atoms with Gasteiger partial charge >= 0.3 is 0 Å². The Labute approximate surface area is 105 Å². The second-order valence-electron chi connectivity index (χ2n) is 5.06. The van der Waals surface area contributed by atoms with E-state index >= 15 is 0 Å². The summed E-state index contributed by atoms with van der Waals surface area (Å²) in [6, 6.07) is 10.3. The van der Waals surface area contributed by atoms with Gasteiger partial charge in [-0.1, -0.05) is 18.7 Å². The predicted octanol–water partition coefficient (Wildman–Crippen LogP) is -0.526. The van der Waals surface area contributed by atoms with Gasteiger partial charge in [0.2, 0.25) is 11.0 Å². The summed E-state index contributed by atoms with van der Waals surface area (Å²) in [5.41, 5.74) is 0.793. The van der Waals surface area contributed by atoms with Gasteiger partial charge in [-0.15, -0.1) is 0 Å². The number of nitrogens with one attached hydrogen (secondary N) is 2. The van der Waals surface area contributed by atoms with Crippen LogP contribution < -0.4 is 20.9 Å². The molecule has 0 radical (unpaired) electrons. The summed E-state index contributed by atoms with van der Waals surface area (Å²) >= 11 is 0. The van der Waals surface area contributed by atoms with Crippen molar-refractivity contribution in [3.8, 4) is 0 Å². The highest BCUT2D eigenvalue weighted by Gasteiger charge is 2.32. The summed E-state index contributed by atoms with van der Waals surface area (Å²) in [7, 11) is 0. The summed E-state index contributed by atoms with van der Waals surface area (Å²) in [5.74, 6) is 0. The summed E-state index contributed by atoms with van der Waals surface area (Å²) in [6.45, 7) is 6.27. The van der Waals surface area contributed by atoms with Crippen LogP contribution in [-0.4, -0.2) is 17.4 Å². The number of aliphatic hydroxyl groups is 1. The molecule has 0 spiro atoms. The molecule has 1 aliphatic heterocycles. The van der Waals surface area contributed by atoms with E-state index in [1.807, 2.05) is 12.1 Å². The van der Waals surface area contributed by atoms with Gasteiger partial charge in [-0.25, -0.2) is 4.99 Å². The molecule has 2 aromatic carbocycles. The molecule has 0 amide bonds. The Balaban J connectivity index is 2.38. The highest BCUT2D eigenvalue weighted by Crippen LogP contribution is 2.21. The van der Waals surface area contributed by atoms with Crippen LogP contribution in [0.2, 0.25) is 0 Å². The largest absolute Gasteiger partial charge is 0.396 e. The maximum atomic E-state index is 9.18. The summed E-state index contributed by atoms with van der Waals surface area (Å²) < 4.78 is 0. The second kappa shape index (κ2) is 3.82. The molecule has 3 heteroatoms. The fraction of sp³-hybridized carbons (Fsp3) is 0.267. The first kappa shape index (κ1) is 11.2.